The Hall–Kier alpha value is -2.97. The molecule has 9 heteroatoms. The number of carbonyl (C=O) groups is 3. The van der Waals surface area contributed by atoms with E-state index in [0.29, 0.717) is 16.6 Å². The van der Waals surface area contributed by atoms with Gasteiger partial charge in [0.2, 0.25) is 5.91 Å². The quantitative estimate of drug-likeness (QED) is 0.755. The zero-order valence-corrected chi connectivity index (χ0v) is 16.3. The highest BCUT2D eigenvalue weighted by molar-refractivity contribution is 5.91. The summed E-state index contributed by atoms with van der Waals surface area (Å²) >= 11 is 0. The highest BCUT2D eigenvalue weighted by atomic mass is 16.6. The van der Waals surface area contributed by atoms with Crippen LogP contribution in [0.25, 0.3) is 10.9 Å². The lowest BCUT2D eigenvalue weighted by Crippen LogP contribution is -2.37. The second-order valence-electron chi connectivity index (χ2n) is 7.17. The minimum absolute atomic E-state index is 0.0147. The van der Waals surface area contributed by atoms with Crippen molar-refractivity contribution in [2.24, 2.45) is 0 Å². The van der Waals surface area contributed by atoms with Crippen LogP contribution in [0.3, 0.4) is 0 Å². The van der Waals surface area contributed by atoms with Crippen molar-refractivity contribution in [3.63, 3.8) is 0 Å². The lowest BCUT2D eigenvalue weighted by molar-refractivity contribution is -0.147. The molecule has 0 aliphatic heterocycles. The predicted molar refractivity (Wildman–Crippen MR) is 97.2 cm³/mol. The molecule has 0 radical (unpaired) electrons. The fourth-order valence-corrected chi connectivity index (χ4v) is 2.51. The third kappa shape index (κ3) is 5.02. The molecule has 0 aromatic carbocycles. The van der Waals surface area contributed by atoms with Crippen LogP contribution in [0.5, 0.6) is 0 Å². The molecule has 1 amide bonds. The monoisotopic (exact) mass is 376 g/mol. The average molecular weight is 376 g/mol. The number of fused-ring (bicyclic) bond motifs is 1. The van der Waals surface area contributed by atoms with Gasteiger partial charge in [0, 0.05) is 32.5 Å². The van der Waals surface area contributed by atoms with Gasteiger partial charge in [-0.2, -0.15) is 9.78 Å². The third-order valence-electron chi connectivity index (χ3n) is 3.57. The maximum absolute atomic E-state index is 12.3. The summed E-state index contributed by atoms with van der Waals surface area (Å²) in [4.78, 5) is 41.1. The Bertz CT molecular complexity index is 868. The number of aromatic nitrogens is 3. The Kier molecular flexibility index (Phi) is 5.82. The number of carbonyl (C=O) groups excluding carboxylic acids is 3. The number of esters is 1. The van der Waals surface area contributed by atoms with Crippen LogP contribution in [0.2, 0.25) is 0 Å². The van der Waals surface area contributed by atoms with Gasteiger partial charge < -0.3 is 14.4 Å². The van der Waals surface area contributed by atoms with Crippen LogP contribution >= 0.6 is 0 Å². The van der Waals surface area contributed by atoms with Crippen LogP contribution in [-0.2, 0) is 14.3 Å². The predicted octanol–water partition coefficient (Wildman–Crippen LogP) is 2.56. The molecule has 1 atom stereocenters. The van der Waals surface area contributed by atoms with Crippen molar-refractivity contribution in [3.8, 4) is 0 Å². The molecule has 2 aromatic heterocycles. The first-order valence-corrected chi connectivity index (χ1v) is 8.44. The average Bonchev–Trinajstić information content (AvgIpc) is 2.92. The highest BCUT2D eigenvalue weighted by Gasteiger charge is 2.28. The molecular formula is C18H24N4O5. The summed E-state index contributed by atoms with van der Waals surface area (Å²) < 4.78 is 11.9. The molecule has 146 valence electrons. The first-order valence-electron chi connectivity index (χ1n) is 8.44. The number of hydrogen-bond acceptors (Lipinski definition) is 7. The highest BCUT2D eigenvalue weighted by Crippen LogP contribution is 2.27. The fourth-order valence-electron chi connectivity index (χ4n) is 2.51. The number of hydrogen-bond donors (Lipinski definition) is 0. The zero-order valence-electron chi connectivity index (χ0n) is 16.3. The van der Waals surface area contributed by atoms with E-state index in [9.17, 15) is 14.4 Å². The van der Waals surface area contributed by atoms with Crippen LogP contribution in [0.4, 0.5) is 4.79 Å². The Labute approximate surface area is 157 Å². The summed E-state index contributed by atoms with van der Waals surface area (Å²) in [5.41, 5.74) is 0.210. The minimum Gasteiger partial charge on any atom is -0.454 e. The van der Waals surface area contributed by atoms with Crippen LogP contribution < -0.4 is 0 Å². The van der Waals surface area contributed by atoms with Gasteiger partial charge in [-0.05, 0) is 26.8 Å². The van der Waals surface area contributed by atoms with E-state index in [0.717, 1.165) is 0 Å². The molecule has 0 aliphatic carbocycles. The van der Waals surface area contributed by atoms with Gasteiger partial charge in [0.15, 0.2) is 6.10 Å². The van der Waals surface area contributed by atoms with Gasteiger partial charge in [-0.15, -0.1) is 0 Å². The summed E-state index contributed by atoms with van der Waals surface area (Å²) in [6.07, 6.45) is 1.64. The Morgan fingerprint density at radius 1 is 1.26 bits per heavy atom. The molecule has 0 saturated carbocycles. The van der Waals surface area contributed by atoms with E-state index in [1.54, 1.807) is 33.0 Å². The Morgan fingerprint density at radius 3 is 2.48 bits per heavy atom. The SMILES string of the molecule is CC(=O)OC(CN(C)C(=O)OC(C)(C)C)c1nn(C(C)=O)c2cnccc12. The normalized spacial score (nSPS) is 12.5. The van der Waals surface area contributed by atoms with Gasteiger partial charge in [-0.3, -0.25) is 14.6 Å². The van der Waals surface area contributed by atoms with Gasteiger partial charge in [-0.25, -0.2) is 4.79 Å². The molecule has 1 unspecified atom stereocenters. The van der Waals surface area contributed by atoms with E-state index in [2.05, 4.69) is 10.1 Å². The van der Waals surface area contributed by atoms with E-state index < -0.39 is 23.8 Å². The molecular weight excluding hydrogens is 352 g/mol. The van der Waals surface area contributed by atoms with Crippen molar-refractivity contribution in [3.05, 3.63) is 24.2 Å². The maximum Gasteiger partial charge on any atom is 0.410 e. The number of pyridine rings is 1. The molecule has 0 N–H and O–H groups in total. The van der Waals surface area contributed by atoms with Crippen molar-refractivity contribution >= 4 is 28.9 Å². The van der Waals surface area contributed by atoms with E-state index in [-0.39, 0.29) is 12.5 Å². The summed E-state index contributed by atoms with van der Waals surface area (Å²) in [5, 5.41) is 4.92. The fraction of sp³-hybridized carbons (Fsp3) is 0.500. The molecule has 27 heavy (non-hydrogen) atoms. The van der Waals surface area contributed by atoms with E-state index in [1.807, 2.05) is 0 Å². The van der Waals surface area contributed by atoms with Crippen molar-refractivity contribution in [1.82, 2.24) is 19.7 Å². The largest absolute Gasteiger partial charge is 0.454 e. The van der Waals surface area contributed by atoms with Gasteiger partial charge in [0.1, 0.15) is 11.3 Å². The van der Waals surface area contributed by atoms with Crippen molar-refractivity contribution in [1.29, 1.82) is 0 Å². The standard InChI is InChI=1S/C18H24N4O5/c1-11(23)22-14-9-19-8-7-13(14)16(20-22)15(26-12(2)24)10-21(6)17(25)27-18(3,4)5/h7-9,15H,10H2,1-6H3. The van der Waals surface area contributed by atoms with Crippen molar-refractivity contribution in [2.75, 3.05) is 13.6 Å². The molecule has 0 fully saturated rings. The molecule has 0 bridgehead atoms. The van der Waals surface area contributed by atoms with Crippen LogP contribution in [-0.4, -0.2) is 56.8 Å². The molecule has 2 rings (SSSR count). The van der Waals surface area contributed by atoms with E-state index in [4.69, 9.17) is 9.47 Å². The summed E-state index contributed by atoms with van der Waals surface area (Å²) in [5.74, 6) is -0.835. The molecule has 2 heterocycles. The van der Waals surface area contributed by atoms with E-state index >= 15 is 0 Å². The molecule has 0 saturated heterocycles. The summed E-state index contributed by atoms with van der Waals surface area (Å²) in [6.45, 7) is 7.94. The van der Waals surface area contributed by atoms with Crippen LogP contribution in [0, 0.1) is 0 Å². The van der Waals surface area contributed by atoms with Gasteiger partial charge in [-0.1, -0.05) is 0 Å². The molecule has 9 nitrogen and oxygen atoms in total. The zero-order chi connectivity index (χ0) is 20.4. The summed E-state index contributed by atoms with van der Waals surface area (Å²) in [7, 11) is 1.54. The second-order valence-corrected chi connectivity index (χ2v) is 7.17. The second kappa shape index (κ2) is 7.73. The van der Waals surface area contributed by atoms with Gasteiger partial charge in [0.25, 0.3) is 0 Å². The minimum atomic E-state index is -0.870. The van der Waals surface area contributed by atoms with Crippen LogP contribution in [0.1, 0.15) is 51.2 Å². The number of rotatable bonds is 4. The molecule has 0 aliphatic rings. The number of likely N-dealkylation sites (N-methyl/N-ethyl adjacent to an activating group) is 1. The Morgan fingerprint density at radius 2 is 1.93 bits per heavy atom. The van der Waals surface area contributed by atoms with Crippen molar-refractivity contribution in [2.45, 2.75) is 46.3 Å². The van der Waals surface area contributed by atoms with Gasteiger partial charge in [0.05, 0.1) is 18.3 Å². The third-order valence-corrected chi connectivity index (χ3v) is 3.57. The molecule has 2 aromatic rings. The number of nitrogens with zero attached hydrogens (tertiary/aromatic N) is 4. The smallest absolute Gasteiger partial charge is 0.410 e. The number of amides is 1. The number of ether oxygens (including phenoxy) is 2. The first-order chi connectivity index (χ1) is 12.5. The maximum atomic E-state index is 12.3. The molecule has 0 spiro atoms. The topological polar surface area (TPSA) is 104 Å². The lowest BCUT2D eigenvalue weighted by atomic mass is 10.1. The lowest BCUT2D eigenvalue weighted by Gasteiger charge is -2.27. The first kappa shape index (κ1) is 20.3. The Balaban J connectivity index is 2.40. The summed E-state index contributed by atoms with van der Waals surface area (Å²) in [6, 6.07) is 1.68. The van der Waals surface area contributed by atoms with Gasteiger partial charge >= 0.3 is 12.1 Å². The van der Waals surface area contributed by atoms with E-state index in [1.165, 1.54) is 36.7 Å². The van der Waals surface area contributed by atoms with Crippen LogP contribution in [0.15, 0.2) is 18.5 Å². The van der Waals surface area contributed by atoms with Crippen molar-refractivity contribution < 1.29 is 23.9 Å².